The van der Waals surface area contributed by atoms with Gasteiger partial charge in [0, 0.05) is 30.3 Å². The van der Waals surface area contributed by atoms with Crippen LogP contribution < -0.4 is 16.0 Å². The van der Waals surface area contributed by atoms with E-state index in [0.717, 1.165) is 21.0 Å². The van der Waals surface area contributed by atoms with Gasteiger partial charge in [-0.15, -0.1) is 22.7 Å². The third kappa shape index (κ3) is 12.3. The number of aryl methyl sites for hydroxylation is 1. The summed E-state index contributed by atoms with van der Waals surface area (Å²) in [4.78, 5) is 49.6. The van der Waals surface area contributed by atoms with Crippen molar-refractivity contribution in [2.45, 2.75) is 90.3 Å². The number of nitrogens with one attached hydrogen (secondary N) is 3. The van der Waals surface area contributed by atoms with Crippen molar-refractivity contribution in [1.82, 2.24) is 25.9 Å². The van der Waals surface area contributed by atoms with Crippen LogP contribution in [-0.2, 0) is 40.3 Å². The second kappa shape index (κ2) is 18.4. The molecule has 2 heterocycles. The molecule has 0 fully saturated rings. The average Bonchev–Trinajstić information content (AvgIpc) is 3.78. The number of aromatic nitrogens is 2. The highest BCUT2D eigenvalue weighted by Crippen LogP contribution is 2.23. The van der Waals surface area contributed by atoms with E-state index >= 15 is 0 Å². The summed E-state index contributed by atoms with van der Waals surface area (Å²) in [5.41, 5.74) is 2.63. The van der Waals surface area contributed by atoms with E-state index in [2.05, 4.69) is 25.9 Å². The van der Waals surface area contributed by atoms with E-state index in [1.807, 2.05) is 79.9 Å². The molecule has 0 bridgehead atoms. The number of amides is 3. The van der Waals surface area contributed by atoms with Crippen molar-refractivity contribution >= 4 is 40.8 Å². The van der Waals surface area contributed by atoms with Gasteiger partial charge in [-0.3, -0.25) is 15.1 Å². The molecule has 49 heavy (non-hydrogen) atoms. The average molecular weight is 708 g/mol. The van der Waals surface area contributed by atoms with Gasteiger partial charge in [0.2, 0.25) is 5.91 Å². The van der Waals surface area contributed by atoms with Gasteiger partial charge in [0.05, 0.1) is 27.2 Å². The Morgan fingerprint density at radius 1 is 0.878 bits per heavy atom. The van der Waals surface area contributed by atoms with Crippen molar-refractivity contribution in [3.8, 4) is 0 Å². The largest absolute Gasteiger partial charge is 0.444 e. The number of hydrogen-bond donors (Lipinski definition) is 4. The maximum Gasteiger partial charge on any atom is 0.409 e. The van der Waals surface area contributed by atoms with Gasteiger partial charge in [-0.1, -0.05) is 88.4 Å². The van der Waals surface area contributed by atoms with Crippen LogP contribution in [0.15, 0.2) is 77.8 Å². The topological polar surface area (TPSA) is 152 Å². The van der Waals surface area contributed by atoms with E-state index in [-0.39, 0.29) is 37.9 Å². The predicted octanol–water partition coefficient (Wildman–Crippen LogP) is 6.34. The quantitative estimate of drug-likeness (QED) is 0.0929. The fourth-order valence-corrected chi connectivity index (χ4v) is 6.54. The number of ether oxygens (including phenoxy) is 2. The normalized spacial score (nSPS) is 13.7. The Morgan fingerprint density at radius 2 is 1.55 bits per heavy atom. The van der Waals surface area contributed by atoms with Crippen molar-refractivity contribution < 1.29 is 29.0 Å². The lowest BCUT2D eigenvalue weighted by Crippen LogP contribution is -2.66. The zero-order valence-corrected chi connectivity index (χ0v) is 29.9. The Labute approximate surface area is 295 Å². The van der Waals surface area contributed by atoms with Crippen LogP contribution >= 0.6 is 22.7 Å². The van der Waals surface area contributed by atoms with Crippen LogP contribution in [0, 0.1) is 5.92 Å². The summed E-state index contributed by atoms with van der Waals surface area (Å²) in [7, 11) is 0. The minimum atomic E-state index is -1.49. The minimum Gasteiger partial charge on any atom is -0.444 e. The molecular weight excluding hydrogens is 663 g/mol. The Hall–Kier alpha value is -4.33. The first kappa shape index (κ1) is 37.5. The fraction of sp³-hybridized carbons (Fsp3) is 0.417. The first-order valence-corrected chi connectivity index (χ1v) is 18.1. The van der Waals surface area contributed by atoms with Gasteiger partial charge in [0.1, 0.15) is 24.9 Å². The maximum absolute atomic E-state index is 14.1. The van der Waals surface area contributed by atoms with Crippen molar-refractivity contribution in [1.29, 1.82) is 0 Å². The van der Waals surface area contributed by atoms with Crippen LogP contribution in [0.4, 0.5) is 9.59 Å². The number of aliphatic hydroxyl groups excluding tert-OH is 1. The monoisotopic (exact) mass is 707 g/mol. The van der Waals surface area contributed by atoms with Gasteiger partial charge in [0.25, 0.3) is 0 Å². The number of aliphatic hydroxyl groups is 1. The number of rotatable bonds is 17. The molecule has 0 aliphatic carbocycles. The molecule has 0 unspecified atom stereocenters. The molecule has 3 amide bonds. The van der Waals surface area contributed by atoms with Crippen molar-refractivity contribution in [3.05, 3.63) is 104 Å². The summed E-state index contributed by atoms with van der Waals surface area (Å²) in [5, 5.41) is 22.8. The molecule has 0 radical (unpaired) electrons. The van der Waals surface area contributed by atoms with Gasteiger partial charge < -0.3 is 25.2 Å². The second-order valence-corrected chi connectivity index (χ2v) is 14.4. The molecule has 11 nitrogen and oxygen atoms in total. The highest BCUT2D eigenvalue weighted by atomic mass is 32.1. The summed E-state index contributed by atoms with van der Waals surface area (Å²) < 4.78 is 11.0. The summed E-state index contributed by atoms with van der Waals surface area (Å²) >= 11 is 2.85. The van der Waals surface area contributed by atoms with Crippen LogP contribution in [-0.4, -0.2) is 51.0 Å². The molecule has 0 aliphatic heterocycles. The molecule has 3 atom stereocenters. The van der Waals surface area contributed by atoms with Crippen LogP contribution in [0.1, 0.15) is 73.2 Å². The summed E-state index contributed by atoms with van der Waals surface area (Å²) in [6, 6.07) is 18.1. The van der Waals surface area contributed by atoms with E-state index < -0.39 is 35.9 Å². The van der Waals surface area contributed by atoms with Gasteiger partial charge in [-0.05, 0) is 29.9 Å². The third-order valence-electron chi connectivity index (χ3n) is 7.71. The summed E-state index contributed by atoms with van der Waals surface area (Å²) in [5.74, 6) is -0.653. The summed E-state index contributed by atoms with van der Waals surface area (Å²) in [6.45, 7) is 7.62. The minimum absolute atomic E-state index is 0.0118. The molecule has 13 heteroatoms. The lowest BCUT2D eigenvalue weighted by molar-refractivity contribution is -0.126. The zero-order valence-electron chi connectivity index (χ0n) is 28.3. The summed E-state index contributed by atoms with van der Waals surface area (Å²) in [6.07, 6.45) is 0.199. The van der Waals surface area contributed by atoms with Gasteiger partial charge in [-0.2, -0.15) is 0 Å². The second-order valence-electron chi connectivity index (χ2n) is 12.6. The number of hydrogen-bond acceptors (Lipinski definition) is 10. The van der Waals surface area contributed by atoms with E-state index in [4.69, 9.17) is 9.47 Å². The Balaban J connectivity index is 1.55. The molecule has 0 saturated heterocycles. The van der Waals surface area contributed by atoms with Crippen molar-refractivity contribution in [3.63, 3.8) is 0 Å². The Morgan fingerprint density at radius 3 is 2.16 bits per heavy atom. The fourth-order valence-electron chi connectivity index (χ4n) is 5.21. The standard InChI is InChI=1S/C36H45N5O6S2/c1-24(2)31(39-34(44)46-20-28-22-48-33(38-28)25(3)4)32(43)40-36(17-27-13-9-6-10-14-27,41-35(45)47-21-30-19-37-23-49-30)18-29(42)16-15-26-11-7-5-8-12-26/h5-14,19,22-25,29,31,42H,15-18,20-21H2,1-4H3,(H,39,44)(H,40,43)(H,41,45)/t29-,31-,36-/m0/s1. The van der Waals surface area contributed by atoms with E-state index in [9.17, 15) is 19.5 Å². The Kier molecular flexibility index (Phi) is 14.1. The van der Waals surface area contributed by atoms with Crippen LogP contribution in [0.2, 0.25) is 0 Å². The molecule has 2 aromatic carbocycles. The molecule has 4 rings (SSSR count). The van der Waals surface area contributed by atoms with Gasteiger partial charge in [0.15, 0.2) is 0 Å². The van der Waals surface area contributed by atoms with Crippen molar-refractivity contribution in [2.75, 3.05) is 0 Å². The lowest BCUT2D eigenvalue weighted by Gasteiger charge is -2.38. The van der Waals surface area contributed by atoms with Crippen LogP contribution in [0.5, 0.6) is 0 Å². The number of carbonyl (C=O) groups is 3. The molecule has 4 N–H and O–H groups in total. The molecule has 0 spiro atoms. The number of alkyl carbamates (subject to hydrolysis) is 2. The zero-order chi connectivity index (χ0) is 35.2. The predicted molar refractivity (Wildman–Crippen MR) is 190 cm³/mol. The van der Waals surface area contributed by atoms with Crippen LogP contribution in [0.25, 0.3) is 0 Å². The highest BCUT2D eigenvalue weighted by molar-refractivity contribution is 7.09. The maximum atomic E-state index is 14.1. The number of thiazole rings is 2. The smallest absolute Gasteiger partial charge is 0.409 e. The Bertz CT molecular complexity index is 1600. The lowest BCUT2D eigenvalue weighted by atomic mass is 9.90. The van der Waals surface area contributed by atoms with Gasteiger partial charge >= 0.3 is 12.2 Å². The first-order valence-electron chi connectivity index (χ1n) is 16.3. The molecular formula is C36H45N5O6S2. The van der Waals surface area contributed by atoms with Crippen molar-refractivity contribution in [2.24, 2.45) is 5.92 Å². The molecule has 2 aromatic heterocycles. The van der Waals surface area contributed by atoms with E-state index in [0.29, 0.717) is 18.5 Å². The third-order valence-corrected chi connectivity index (χ3v) is 9.66. The van der Waals surface area contributed by atoms with Crippen LogP contribution in [0.3, 0.4) is 0 Å². The number of carbonyl (C=O) groups excluding carboxylic acids is 3. The van der Waals surface area contributed by atoms with E-state index in [1.54, 1.807) is 25.6 Å². The first-order chi connectivity index (χ1) is 23.5. The molecule has 262 valence electrons. The number of benzene rings is 2. The SMILES string of the molecule is CC(C)c1nc(COC(=O)N[C@H](C(=O)N[C@](Cc2ccccc2)(C[C@@H](O)CCc2ccccc2)NC(=O)OCc2cncs2)C(C)C)cs1. The molecule has 0 aliphatic rings. The van der Waals surface area contributed by atoms with Gasteiger partial charge in [-0.25, -0.2) is 14.6 Å². The van der Waals surface area contributed by atoms with E-state index in [1.165, 1.54) is 22.7 Å². The molecule has 0 saturated carbocycles. The highest BCUT2D eigenvalue weighted by Gasteiger charge is 2.39. The molecule has 4 aromatic rings. The number of nitrogens with zero attached hydrogens (tertiary/aromatic N) is 2.